The van der Waals surface area contributed by atoms with E-state index in [4.69, 9.17) is 5.11 Å². The van der Waals surface area contributed by atoms with Crippen LogP contribution in [0.1, 0.15) is 20.3 Å². The first-order valence-electron chi connectivity index (χ1n) is 6.59. The molecule has 2 amide bonds. The number of piperazine rings is 1. The molecule has 0 aromatic heterocycles. The second kappa shape index (κ2) is 7.78. The van der Waals surface area contributed by atoms with E-state index >= 15 is 0 Å². The Morgan fingerprint density at radius 1 is 1.21 bits per heavy atom. The molecule has 6 nitrogen and oxygen atoms in total. The normalized spacial score (nSPS) is 16.0. The number of carbonyl (C=O) groups is 2. The Balaban J connectivity index is 2.23. The first kappa shape index (κ1) is 15.5. The minimum Gasteiger partial charge on any atom is -0.481 e. The van der Waals surface area contributed by atoms with Crippen molar-refractivity contribution in [1.82, 2.24) is 15.1 Å². The Morgan fingerprint density at radius 3 is 2.37 bits per heavy atom. The number of urea groups is 1. The fourth-order valence-corrected chi connectivity index (χ4v) is 1.88. The molecule has 19 heavy (non-hydrogen) atoms. The Kier molecular flexibility index (Phi) is 6.35. The fourth-order valence-electron chi connectivity index (χ4n) is 1.88. The van der Waals surface area contributed by atoms with Crippen LogP contribution in [0.4, 0.5) is 4.79 Å². The number of carboxylic acids is 1. The van der Waals surface area contributed by atoms with E-state index < -0.39 is 5.97 Å². The van der Waals surface area contributed by atoms with Crippen molar-refractivity contribution in [2.75, 3.05) is 39.3 Å². The molecule has 0 unspecified atom stereocenters. The summed E-state index contributed by atoms with van der Waals surface area (Å²) in [5, 5.41) is 11.5. The van der Waals surface area contributed by atoms with Gasteiger partial charge in [0, 0.05) is 39.3 Å². The van der Waals surface area contributed by atoms with Gasteiger partial charge in [-0.3, -0.25) is 9.69 Å². The molecule has 0 atom stereocenters. The van der Waals surface area contributed by atoms with Gasteiger partial charge < -0.3 is 15.3 Å². The van der Waals surface area contributed by atoms with E-state index in [9.17, 15) is 9.59 Å². The van der Waals surface area contributed by atoms with Crippen molar-refractivity contribution in [1.29, 1.82) is 0 Å². The molecular formula is C13H23N3O3. The molecule has 1 aliphatic heterocycles. The highest BCUT2D eigenvalue weighted by atomic mass is 16.4. The van der Waals surface area contributed by atoms with Gasteiger partial charge in [-0.15, -0.1) is 0 Å². The maximum absolute atomic E-state index is 11.8. The molecule has 0 bridgehead atoms. The molecule has 1 saturated heterocycles. The summed E-state index contributed by atoms with van der Waals surface area (Å²) in [5.41, 5.74) is 1.18. The molecule has 1 heterocycles. The maximum atomic E-state index is 11.8. The van der Waals surface area contributed by atoms with E-state index in [0.717, 1.165) is 13.1 Å². The highest BCUT2D eigenvalue weighted by Crippen LogP contribution is 2.03. The molecule has 0 saturated carbocycles. The van der Waals surface area contributed by atoms with Crippen molar-refractivity contribution in [2.45, 2.75) is 20.3 Å². The summed E-state index contributed by atoms with van der Waals surface area (Å²) in [6.07, 6.45) is 2.13. The van der Waals surface area contributed by atoms with E-state index in [1.807, 2.05) is 19.9 Å². The highest BCUT2D eigenvalue weighted by molar-refractivity contribution is 5.74. The molecule has 0 spiro atoms. The van der Waals surface area contributed by atoms with Crippen LogP contribution < -0.4 is 5.32 Å². The standard InChI is InChI=1S/C13H23N3O3/c1-11(2)3-5-14-13(19)16-9-7-15(8-10-16)6-4-12(17)18/h3H,4-10H2,1-2H3,(H,14,19)(H,17,18). The predicted molar refractivity (Wildman–Crippen MR) is 73.1 cm³/mol. The quantitative estimate of drug-likeness (QED) is 0.723. The molecule has 1 aliphatic rings. The van der Waals surface area contributed by atoms with Gasteiger partial charge in [0.05, 0.1) is 6.42 Å². The van der Waals surface area contributed by atoms with Crippen LogP contribution in [0, 0.1) is 0 Å². The number of carbonyl (C=O) groups excluding carboxylic acids is 1. The van der Waals surface area contributed by atoms with Crippen molar-refractivity contribution in [3.63, 3.8) is 0 Å². The lowest BCUT2D eigenvalue weighted by molar-refractivity contribution is -0.137. The zero-order valence-electron chi connectivity index (χ0n) is 11.7. The summed E-state index contributed by atoms with van der Waals surface area (Å²) in [5.74, 6) is -0.776. The zero-order valence-corrected chi connectivity index (χ0v) is 11.7. The van der Waals surface area contributed by atoms with Crippen LogP contribution in [0.2, 0.25) is 0 Å². The van der Waals surface area contributed by atoms with Gasteiger partial charge in [-0.1, -0.05) is 11.6 Å². The summed E-state index contributed by atoms with van der Waals surface area (Å²) in [6.45, 7) is 7.89. The molecule has 6 heteroatoms. The van der Waals surface area contributed by atoms with Gasteiger partial charge in [-0.05, 0) is 13.8 Å². The average molecular weight is 269 g/mol. The van der Waals surface area contributed by atoms with Gasteiger partial charge in [0.2, 0.25) is 0 Å². The maximum Gasteiger partial charge on any atom is 0.317 e. The Labute approximate surface area is 114 Å². The number of rotatable bonds is 5. The smallest absolute Gasteiger partial charge is 0.317 e. The molecule has 1 fully saturated rings. The van der Waals surface area contributed by atoms with Gasteiger partial charge in [0.1, 0.15) is 0 Å². The monoisotopic (exact) mass is 269 g/mol. The Morgan fingerprint density at radius 2 is 1.84 bits per heavy atom. The molecule has 1 rings (SSSR count). The van der Waals surface area contributed by atoms with Gasteiger partial charge in [-0.25, -0.2) is 4.79 Å². The summed E-state index contributed by atoms with van der Waals surface area (Å²) >= 11 is 0. The van der Waals surface area contributed by atoms with Crippen LogP contribution >= 0.6 is 0 Å². The Bertz CT molecular complexity index is 343. The SMILES string of the molecule is CC(C)=CCNC(=O)N1CCN(CCC(=O)O)CC1. The molecule has 108 valence electrons. The third-order valence-electron chi connectivity index (χ3n) is 3.06. The largest absolute Gasteiger partial charge is 0.481 e. The first-order valence-corrected chi connectivity index (χ1v) is 6.59. The summed E-state index contributed by atoms with van der Waals surface area (Å²) in [6, 6.07) is -0.0459. The van der Waals surface area contributed by atoms with Crippen molar-refractivity contribution in [3.05, 3.63) is 11.6 Å². The number of nitrogens with zero attached hydrogens (tertiary/aromatic N) is 2. The lowest BCUT2D eigenvalue weighted by Gasteiger charge is -2.34. The average Bonchev–Trinajstić information content (AvgIpc) is 2.36. The van der Waals surface area contributed by atoms with Crippen molar-refractivity contribution in [2.24, 2.45) is 0 Å². The minimum atomic E-state index is -0.776. The van der Waals surface area contributed by atoms with Crippen molar-refractivity contribution < 1.29 is 14.7 Å². The Hall–Kier alpha value is -1.56. The number of carboxylic acid groups (broad SMARTS) is 1. The molecule has 2 N–H and O–H groups in total. The third-order valence-corrected chi connectivity index (χ3v) is 3.06. The fraction of sp³-hybridized carbons (Fsp3) is 0.692. The second-order valence-corrected chi connectivity index (χ2v) is 4.94. The molecule has 0 aliphatic carbocycles. The number of hydrogen-bond donors (Lipinski definition) is 2. The zero-order chi connectivity index (χ0) is 14.3. The summed E-state index contributed by atoms with van der Waals surface area (Å²) in [4.78, 5) is 26.2. The van der Waals surface area contributed by atoms with E-state index in [1.54, 1.807) is 4.90 Å². The lowest BCUT2D eigenvalue weighted by atomic mass is 10.3. The summed E-state index contributed by atoms with van der Waals surface area (Å²) < 4.78 is 0. The van der Waals surface area contributed by atoms with E-state index in [-0.39, 0.29) is 12.5 Å². The van der Waals surface area contributed by atoms with Crippen molar-refractivity contribution >= 4 is 12.0 Å². The molecule has 0 aromatic rings. The van der Waals surface area contributed by atoms with Crippen LogP contribution in [-0.2, 0) is 4.79 Å². The topological polar surface area (TPSA) is 72.9 Å². The lowest BCUT2D eigenvalue weighted by Crippen LogP contribution is -2.52. The number of hydrogen-bond acceptors (Lipinski definition) is 3. The molecule has 0 aromatic carbocycles. The van der Waals surface area contributed by atoms with E-state index in [2.05, 4.69) is 10.2 Å². The van der Waals surface area contributed by atoms with Crippen LogP contribution in [0.25, 0.3) is 0 Å². The minimum absolute atomic E-state index is 0.0459. The number of aliphatic carboxylic acids is 1. The van der Waals surface area contributed by atoms with Gasteiger partial charge in [0.15, 0.2) is 0 Å². The van der Waals surface area contributed by atoms with Gasteiger partial charge in [-0.2, -0.15) is 0 Å². The highest BCUT2D eigenvalue weighted by Gasteiger charge is 2.20. The third kappa shape index (κ3) is 6.24. The number of amides is 2. The van der Waals surface area contributed by atoms with Gasteiger partial charge >= 0.3 is 12.0 Å². The van der Waals surface area contributed by atoms with Crippen molar-refractivity contribution in [3.8, 4) is 0 Å². The first-order chi connectivity index (χ1) is 8.99. The van der Waals surface area contributed by atoms with Crippen LogP contribution in [-0.4, -0.2) is 66.2 Å². The molecule has 0 radical (unpaired) electrons. The summed E-state index contributed by atoms with van der Waals surface area (Å²) in [7, 11) is 0. The number of allylic oxidation sites excluding steroid dienone is 1. The molecular weight excluding hydrogens is 246 g/mol. The van der Waals surface area contributed by atoms with Gasteiger partial charge in [0.25, 0.3) is 0 Å². The van der Waals surface area contributed by atoms with E-state index in [1.165, 1.54) is 5.57 Å². The van der Waals surface area contributed by atoms with Crippen LogP contribution in [0.15, 0.2) is 11.6 Å². The number of nitrogens with one attached hydrogen (secondary N) is 1. The van der Waals surface area contributed by atoms with Crippen LogP contribution in [0.3, 0.4) is 0 Å². The predicted octanol–water partition coefficient (Wildman–Crippen LogP) is 0.755. The van der Waals surface area contributed by atoms with E-state index in [0.29, 0.717) is 26.2 Å². The van der Waals surface area contributed by atoms with Crippen LogP contribution in [0.5, 0.6) is 0 Å². The second-order valence-electron chi connectivity index (χ2n) is 4.94.